The molecular formula is C13H17BrN2O2. The molecule has 0 heterocycles. The monoisotopic (exact) mass is 312 g/mol. The maximum Gasteiger partial charge on any atom is 0.269 e. The third kappa shape index (κ3) is 5.31. The Labute approximate surface area is 115 Å². The zero-order valence-electron chi connectivity index (χ0n) is 10.7. The molecule has 2 amide bonds. The number of benzene rings is 1. The van der Waals surface area contributed by atoms with Gasteiger partial charge in [0.2, 0.25) is 5.91 Å². The Morgan fingerprint density at radius 1 is 1.11 bits per heavy atom. The molecule has 0 aliphatic carbocycles. The molecule has 0 unspecified atom stereocenters. The van der Waals surface area contributed by atoms with Gasteiger partial charge in [-0.1, -0.05) is 36.7 Å². The lowest BCUT2D eigenvalue weighted by atomic mass is 9.92. The van der Waals surface area contributed by atoms with Gasteiger partial charge in [-0.15, -0.1) is 0 Å². The van der Waals surface area contributed by atoms with Gasteiger partial charge in [0, 0.05) is 16.5 Å². The normalized spacial score (nSPS) is 10.9. The molecule has 0 radical (unpaired) electrons. The Kier molecular flexibility index (Phi) is 4.90. The van der Waals surface area contributed by atoms with Gasteiger partial charge < -0.3 is 0 Å². The summed E-state index contributed by atoms with van der Waals surface area (Å²) in [5.41, 5.74) is 5.18. The Morgan fingerprint density at radius 2 is 1.67 bits per heavy atom. The summed E-state index contributed by atoms with van der Waals surface area (Å²) in [5.74, 6) is -0.530. The van der Waals surface area contributed by atoms with Crippen LogP contribution in [0.1, 0.15) is 37.6 Å². The van der Waals surface area contributed by atoms with Crippen molar-refractivity contribution in [3.8, 4) is 0 Å². The van der Waals surface area contributed by atoms with Gasteiger partial charge in [-0.3, -0.25) is 20.4 Å². The number of hydrogen-bond acceptors (Lipinski definition) is 2. The van der Waals surface area contributed by atoms with E-state index in [0.29, 0.717) is 12.0 Å². The van der Waals surface area contributed by atoms with E-state index in [1.807, 2.05) is 20.8 Å². The minimum Gasteiger partial charge on any atom is -0.273 e. The summed E-state index contributed by atoms with van der Waals surface area (Å²) in [4.78, 5) is 23.2. The first-order valence-electron chi connectivity index (χ1n) is 5.63. The fourth-order valence-electron chi connectivity index (χ4n) is 1.33. The van der Waals surface area contributed by atoms with Crippen LogP contribution >= 0.6 is 15.9 Å². The number of halogens is 1. The number of carbonyl (C=O) groups excluding carboxylic acids is 2. The highest BCUT2D eigenvalue weighted by atomic mass is 79.9. The molecule has 98 valence electrons. The molecule has 18 heavy (non-hydrogen) atoms. The number of hydrogen-bond donors (Lipinski definition) is 2. The van der Waals surface area contributed by atoms with E-state index in [9.17, 15) is 9.59 Å². The molecule has 2 N–H and O–H groups in total. The fraction of sp³-hybridized carbons (Fsp3) is 0.385. The minimum absolute atomic E-state index is 0.105. The molecule has 0 bridgehead atoms. The van der Waals surface area contributed by atoms with Gasteiger partial charge in [-0.05, 0) is 29.7 Å². The maximum absolute atomic E-state index is 11.7. The summed E-state index contributed by atoms with van der Waals surface area (Å²) in [5, 5.41) is 0. The third-order valence-corrected chi connectivity index (χ3v) is 2.64. The Morgan fingerprint density at radius 3 is 2.17 bits per heavy atom. The van der Waals surface area contributed by atoms with Crippen LogP contribution in [-0.2, 0) is 4.79 Å². The van der Waals surface area contributed by atoms with E-state index in [1.165, 1.54) is 0 Å². The van der Waals surface area contributed by atoms with E-state index in [4.69, 9.17) is 0 Å². The zero-order chi connectivity index (χ0) is 13.8. The van der Waals surface area contributed by atoms with E-state index in [1.54, 1.807) is 24.3 Å². The van der Waals surface area contributed by atoms with E-state index in [0.717, 1.165) is 4.47 Å². The molecule has 0 fully saturated rings. The molecule has 1 rings (SSSR count). The predicted octanol–water partition coefficient (Wildman–Crippen LogP) is 2.65. The van der Waals surface area contributed by atoms with Crippen LogP contribution in [0.15, 0.2) is 28.7 Å². The van der Waals surface area contributed by atoms with Crippen molar-refractivity contribution in [2.24, 2.45) is 5.41 Å². The zero-order valence-corrected chi connectivity index (χ0v) is 12.3. The van der Waals surface area contributed by atoms with Crippen LogP contribution < -0.4 is 10.9 Å². The highest BCUT2D eigenvalue weighted by Gasteiger charge is 2.16. The Balaban J connectivity index is 2.47. The Hall–Kier alpha value is -1.36. The van der Waals surface area contributed by atoms with Gasteiger partial charge in [0.05, 0.1) is 0 Å². The quantitative estimate of drug-likeness (QED) is 0.825. The van der Waals surface area contributed by atoms with E-state index in [2.05, 4.69) is 26.8 Å². The lowest BCUT2D eigenvalue weighted by Gasteiger charge is -2.17. The molecule has 1 aromatic rings. The van der Waals surface area contributed by atoms with Crippen LogP contribution in [0.4, 0.5) is 0 Å². The van der Waals surface area contributed by atoms with Crippen molar-refractivity contribution in [1.29, 1.82) is 0 Å². The molecule has 0 aromatic heterocycles. The minimum atomic E-state index is -0.329. The van der Waals surface area contributed by atoms with Crippen molar-refractivity contribution < 1.29 is 9.59 Å². The summed E-state index contributed by atoms with van der Waals surface area (Å²) in [6.45, 7) is 5.88. The molecule has 4 nitrogen and oxygen atoms in total. The second-order valence-corrected chi connectivity index (χ2v) is 6.16. The van der Waals surface area contributed by atoms with Gasteiger partial charge >= 0.3 is 0 Å². The molecule has 0 saturated carbocycles. The number of nitrogens with one attached hydrogen (secondary N) is 2. The van der Waals surface area contributed by atoms with E-state index < -0.39 is 0 Å². The maximum atomic E-state index is 11.7. The van der Waals surface area contributed by atoms with Crippen molar-refractivity contribution in [2.75, 3.05) is 0 Å². The summed E-state index contributed by atoms with van der Waals surface area (Å²) < 4.78 is 0.899. The third-order valence-electron chi connectivity index (χ3n) is 2.11. The number of hydrazine groups is 1. The van der Waals surface area contributed by atoms with E-state index in [-0.39, 0.29) is 17.2 Å². The van der Waals surface area contributed by atoms with Crippen molar-refractivity contribution in [2.45, 2.75) is 27.2 Å². The largest absolute Gasteiger partial charge is 0.273 e. The van der Waals surface area contributed by atoms with E-state index >= 15 is 0 Å². The molecule has 0 saturated heterocycles. The van der Waals surface area contributed by atoms with Crippen molar-refractivity contribution in [1.82, 2.24) is 10.9 Å². The number of rotatable bonds is 2. The van der Waals surface area contributed by atoms with Crippen LogP contribution in [-0.4, -0.2) is 11.8 Å². The van der Waals surface area contributed by atoms with Crippen LogP contribution in [0.2, 0.25) is 0 Å². The summed E-state index contributed by atoms with van der Waals surface area (Å²) in [6.07, 6.45) is 0.355. The average molecular weight is 313 g/mol. The molecule has 0 spiro atoms. The van der Waals surface area contributed by atoms with Crippen LogP contribution in [0.25, 0.3) is 0 Å². The van der Waals surface area contributed by atoms with Gasteiger partial charge in [-0.2, -0.15) is 0 Å². The second kappa shape index (κ2) is 6.00. The van der Waals surface area contributed by atoms with Gasteiger partial charge in [0.25, 0.3) is 5.91 Å². The summed E-state index contributed by atoms with van der Waals surface area (Å²) in [6, 6.07) is 6.89. The standard InChI is InChI=1S/C13H17BrN2O2/c1-13(2,3)8-11(17)15-16-12(18)9-4-6-10(14)7-5-9/h4-7H,8H2,1-3H3,(H,15,17)(H,16,18). The number of amides is 2. The average Bonchev–Trinajstić information content (AvgIpc) is 2.24. The first kappa shape index (κ1) is 14.7. The molecule has 0 aliphatic heterocycles. The predicted molar refractivity (Wildman–Crippen MR) is 73.8 cm³/mol. The SMILES string of the molecule is CC(C)(C)CC(=O)NNC(=O)c1ccc(Br)cc1. The first-order chi connectivity index (χ1) is 8.28. The lowest BCUT2D eigenvalue weighted by Crippen LogP contribution is -2.42. The van der Waals surface area contributed by atoms with Crippen LogP contribution in [0, 0.1) is 5.41 Å². The molecule has 0 aliphatic rings. The summed E-state index contributed by atoms with van der Waals surface area (Å²) in [7, 11) is 0. The van der Waals surface area contributed by atoms with Crippen molar-refractivity contribution in [3.63, 3.8) is 0 Å². The molecule has 0 atom stereocenters. The highest BCUT2D eigenvalue weighted by molar-refractivity contribution is 9.10. The van der Waals surface area contributed by atoms with Crippen LogP contribution in [0.5, 0.6) is 0 Å². The topological polar surface area (TPSA) is 58.2 Å². The van der Waals surface area contributed by atoms with Crippen LogP contribution in [0.3, 0.4) is 0 Å². The second-order valence-electron chi connectivity index (χ2n) is 5.25. The van der Waals surface area contributed by atoms with Gasteiger partial charge in [0.15, 0.2) is 0 Å². The summed E-state index contributed by atoms with van der Waals surface area (Å²) >= 11 is 3.29. The van der Waals surface area contributed by atoms with Gasteiger partial charge in [0.1, 0.15) is 0 Å². The molecule has 1 aromatic carbocycles. The first-order valence-corrected chi connectivity index (χ1v) is 6.42. The highest BCUT2D eigenvalue weighted by Crippen LogP contribution is 2.17. The van der Waals surface area contributed by atoms with Crippen molar-refractivity contribution >= 4 is 27.7 Å². The molecular weight excluding hydrogens is 296 g/mol. The van der Waals surface area contributed by atoms with Crippen molar-refractivity contribution in [3.05, 3.63) is 34.3 Å². The molecule has 5 heteroatoms. The lowest BCUT2D eigenvalue weighted by molar-refractivity contribution is -0.123. The van der Waals surface area contributed by atoms with Gasteiger partial charge in [-0.25, -0.2) is 0 Å². The fourth-order valence-corrected chi connectivity index (χ4v) is 1.59. The smallest absolute Gasteiger partial charge is 0.269 e. The Bertz CT molecular complexity index is 435. The number of carbonyl (C=O) groups is 2.